The molecule has 3 aliphatic rings. The van der Waals surface area contributed by atoms with Crippen molar-refractivity contribution in [1.82, 2.24) is 4.90 Å². The van der Waals surface area contributed by atoms with E-state index in [2.05, 4.69) is 0 Å². The molecule has 0 bridgehead atoms. The highest BCUT2D eigenvalue weighted by Gasteiger charge is 2.73. The quantitative estimate of drug-likeness (QED) is 0.381. The van der Waals surface area contributed by atoms with E-state index in [0.29, 0.717) is 16.9 Å². The highest BCUT2D eigenvalue weighted by Crippen LogP contribution is 2.56. The van der Waals surface area contributed by atoms with Crippen molar-refractivity contribution in [2.45, 2.75) is 62.5 Å². The number of nitrogens with zero attached hydrogens (tertiary/aromatic N) is 1. The molecule has 8 atom stereocenters. The smallest absolute Gasteiger partial charge is 0.235 e. The van der Waals surface area contributed by atoms with Crippen LogP contribution in [0, 0.1) is 23.7 Å². The van der Waals surface area contributed by atoms with Gasteiger partial charge in [-0.15, -0.1) is 0 Å². The summed E-state index contributed by atoms with van der Waals surface area (Å²) in [5, 5.41) is 34.9. The van der Waals surface area contributed by atoms with Gasteiger partial charge in [-0.3, -0.25) is 28.9 Å². The molecule has 2 fully saturated rings. The monoisotopic (exact) mass is 560 g/mol. The van der Waals surface area contributed by atoms with Gasteiger partial charge < -0.3 is 21.1 Å². The van der Waals surface area contributed by atoms with Gasteiger partial charge in [-0.1, -0.05) is 33.8 Å². The summed E-state index contributed by atoms with van der Waals surface area (Å²) in [6.45, 7) is 7.36. The first-order valence-electron chi connectivity index (χ1n) is 12.8. The molecule has 0 radical (unpaired) electrons. The maximum absolute atomic E-state index is 14.1. The van der Waals surface area contributed by atoms with Crippen LogP contribution in [0.1, 0.15) is 60.7 Å². The van der Waals surface area contributed by atoms with Crippen molar-refractivity contribution in [2.24, 2.45) is 29.4 Å². The van der Waals surface area contributed by atoms with Crippen LogP contribution in [0.15, 0.2) is 6.07 Å². The number of likely N-dealkylation sites (N-methyl/N-ethyl adjacent to an activating group) is 1. The third-order valence-corrected chi connectivity index (χ3v) is 9.38. The zero-order valence-corrected chi connectivity index (χ0v) is 24.0. The summed E-state index contributed by atoms with van der Waals surface area (Å²) in [7, 11) is 2.93. The van der Waals surface area contributed by atoms with Crippen LogP contribution in [0.2, 0.25) is 0 Å². The molecule has 1 amide bonds. The van der Waals surface area contributed by atoms with Crippen LogP contribution < -0.4 is 5.73 Å². The molecule has 212 valence electrons. The largest absolute Gasteiger partial charge is 0.507 e. The predicted molar refractivity (Wildman–Crippen MR) is 143 cm³/mol. The molecule has 10 nitrogen and oxygen atoms in total. The number of benzene rings is 1. The molecule has 0 saturated heterocycles. The Bertz CT molecular complexity index is 1300. The second-order valence-corrected chi connectivity index (χ2v) is 13.1. The summed E-state index contributed by atoms with van der Waals surface area (Å²) in [4.78, 5) is 68.5. The average Bonchev–Trinajstić information content (AvgIpc) is 2.81. The van der Waals surface area contributed by atoms with Gasteiger partial charge in [0.2, 0.25) is 5.91 Å². The predicted octanol–water partition coefficient (Wildman–Crippen LogP) is 0.559. The van der Waals surface area contributed by atoms with Gasteiger partial charge in [0, 0.05) is 17.2 Å². The van der Waals surface area contributed by atoms with Crippen LogP contribution in [0.25, 0.3) is 0 Å². The van der Waals surface area contributed by atoms with Crippen LogP contribution in [0.5, 0.6) is 5.75 Å². The van der Waals surface area contributed by atoms with E-state index in [1.54, 1.807) is 6.92 Å². The molecule has 0 heterocycles. The minimum absolute atomic E-state index is 0.0576. The van der Waals surface area contributed by atoms with Gasteiger partial charge in [0.15, 0.2) is 34.7 Å². The fourth-order valence-electron chi connectivity index (χ4n) is 7.09. The molecule has 2 unspecified atom stereocenters. The highest BCUT2D eigenvalue weighted by atomic mass is 32.2. The fraction of sp³-hybridized carbons (Fsp3) is 0.607. The summed E-state index contributed by atoms with van der Waals surface area (Å²) >= 11 is 1.51. The average molecular weight is 561 g/mol. The molecule has 0 aromatic heterocycles. The summed E-state index contributed by atoms with van der Waals surface area (Å²) < 4.78 is 0. The van der Waals surface area contributed by atoms with Gasteiger partial charge in [0.1, 0.15) is 5.75 Å². The van der Waals surface area contributed by atoms with Crippen LogP contribution >= 0.6 is 11.8 Å². The van der Waals surface area contributed by atoms with E-state index in [1.807, 2.05) is 33.1 Å². The number of carbonyl (C=O) groups excluding carboxylic acids is 5. The number of phenolic OH excluding ortho intramolecular Hbond substituents is 1. The van der Waals surface area contributed by atoms with Gasteiger partial charge in [0.25, 0.3) is 0 Å². The molecule has 1 aromatic rings. The summed E-state index contributed by atoms with van der Waals surface area (Å²) in [6.07, 6.45) is 0.244. The number of Topliss-reactive ketones (excluding diaryl/α,β-unsaturated/α-hetero) is 4. The number of aliphatic hydroxyl groups excluding tert-OH is 1. The Morgan fingerprint density at radius 2 is 1.74 bits per heavy atom. The molecular formula is C28H36N2O8S. The number of nitrogens with two attached hydrogens (primary N) is 1. The van der Waals surface area contributed by atoms with Crippen molar-refractivity contribution in [1.29, 1.82) is 0 Å². The molecule has 0 spiro atoms. The lowest BCUT2D eigenvalue weighted by Gasteiger charge is -2.56. The minimum atomic E-state index is -3.00. The zero-order chi connectivity index (χ0) is 29.5. The summed E-state index contributed by atoms with van der Waals surface area (Å²) in [5.41, 5.74) is 3.51. The number of aromatic hydroxyl groups is 1. The minimum Gasteiger partial charge on any atom is -0.507 e. The van der Waals surface area contributed by atoms with Crippen molar-refractivity contribution in [3.05, 3.63) is 28.3 Å². The first-order chi connectivity index (χ1) is 17.9. The summed E-state index contributed by atoms with van der Waals surface area (Å²) in [6, 6.07) is 0.451. The normalized spacial score (nSPS) is 34.6. The number of carbonyl (C=O) groups is 5. The van der Waals surface area contributed by atoms with E-state index in [4.69, 9.17) is 5.73 Å². The van der Waals surface area contributed by atoms with Gasteiger partial charge in [0.05, 0.1) is 29.5 Å². The first kappa shape index (κ1) is 29.4. The molecule has 39 heavy (non-hydrogen) atoms. The van der Waals surface area contributed by atoms with Crippen LogP contribution in [0.4, 0.5) is 0 Å². The van der Waals surface area contributed by atoms with E-state index in [1.165, 1.54) is 30.8 Å². The number of rotatable bonds is 4. The van der Waals surface area contributed by atoms with Gasteiger partial charge >= 0.3 is 0 Å². The van der Waals surface area contributed by atoms with E-state index in [-0.39, 0.29) is 11.3 Å². The Balaban J connectivity index is 2.01. The molecular weight excluding hydrogens is 524 g/mol. The number of hydrogen-bond acceptors (Lipinski definition) is 10. The number of thioether (sulfide) groups is 1. The van der Waals surface area contributed by atoms with E-state index in [0.717, 1.165) is 5.56 Å². The van der Waals surface area contributed by atoms with Crippen molar-refractivity contribution < 1.29 is 39.3 Å². The number of amides is 1. The van der Waals surface area contributed by atoms with Crippen LogP contribution in [-0.2, 0) is 30.3 Å². The van der Waals surface area contributed by atoms with Gasteiger partial charge in [-0.2, -0.15) is 11.8 Å². The van der Waals surface area contributed by atoms with Crippen molar-refractivity contribution >= 4 is 40.8 Å². The molecule has 3 aliphatic carbocycles. The lowest BCUT2D eigenvalue weighted by atomic mass is 9.49. The Labute approximate surface area is 231 Å². The van der Waals surface area contributed by atoms with Crippen LogP contribution in [-0.4, -0.2) is 87.4 Å². The number of ketones is 4. The van der Waals surface area contributed by atoms with E-state index in [9.17, 15) is 39.3 Å². The maximum Gasteiger partial charge on any atom is 0.235 e. The lowest BCUT2D eigenvalue weighted by molar-refractivity contribution is -0.196. The SMILES string of the molecule is CSCc1cc(C(C)(C)C)c(O)c2c1[C@@H](C)[C@H]1C(C2=O)C(=O)[C@@]2(O)C(=O)C(C(N)=O)C(=O)[C@H](N(C)C)[C@H]2[C@@H]1O. The van der Waals surface area contributed by atoms with Gasteiger partial charge in [-0.05, 0) is 42.8 Å². The maximum atomic E-state index is 14.1. The molecule has 11 heteroatoms. The first-order valence-corrected chi connectivity index (χ1v) is 14.2. The Hall–Kier alpha value is -2.60. The number of phenols is 1. The summed E-state index contributed by atoms with van der Waals surface area (Å²) in [5.74, 6) is -12.6. The van der Waals surface area contributed by atoms with Crippen LogP contribution in [0.3, 0.4) is 0 Å². The molecule has 2 saturated carbocycles. The molecule has 4 rings (SSSR count). The molecule has 5 N–H and O–H groups in total. The van der Waals surface area contributed by atoms with E-state index < -0.39 is 81.8 Å². The lowest BCUT2D eigenvalue weighted by Crippen LogP contribution is -2.77. The number of primary amides is 1. The molecule has 0 aliphatic heterocycles. The third-order valence-electron chi connectivity index (χ3n) is 8.78. The van der Waals surface area contributed by atoms with Crippen molar-refractivity contribution in [3.63, 3.8) is 0 Å². The Morgan fingerprint density at radius 3 is 2.23 bits per heavy atom. The second-order valence-electron chi connectivity index (χ2n) is 12.3. The number of aliphatic hydroxyl groups is 2. The Kier molecular flexibility index (Phi) is 7.16. The van der Waals surface area contributed by atoms with Gasteiger partial charge in [-0.25, -0.2) is 0 Å². The standard InChI is InChI=1S/C28H36N2O8S/c1-10-13-11(9-39-7)8-12(27(2,3)4)20(31)15(13)21(32)16-14(10)22(33)18-19(30(5)6)23(34)17(26(29)37)25(36)28(18,38)24(16)35/h8,10,14,16-19,22,31,33,38H,9H2,1-7H3,(H2,29,37)/t10-,14+,16?,17?,18+,19-,22-,28-/m1/s1. The highest BCUT2D eigenvalue weighted by molar-refractivity contribution is 7.97. The zero-order valence-electron chi connectivity index (χ0n) is 23.1. The van der Waals surface area contributed by atoms with Crippen molar-refractivity contribution in [3.8, 4) is 5.75 Å². The second kappa shape index (κ2) is 9.50. The number of hydrogen-bond donors (Lipinski definition) is 4. The van der Waals surface area contributed by atoms with Crippen molar-refractivity contribution in [2.75, 3.05) is 20.4 Å². The topological polar surface area (TPSA) is 175 Å². The molecule has 1 aromatic carbocycles. The fourth-order valence-corrected chi connectivity index (χ4v) is 7.64. The Morgan fingerprint density at radius 1 is 1.15 bits per heavy atom. The third kappa shape index (κ3) is 3.92. The number of fused-ring (bicyclic) bond motifs is 3. The van der Waals surface area contributed by atoms with E-state index >= 15 is 0 Å².